The van der Waals surface area contributed by atoms with Gasteiger partial charge in [0.25, 0.3) is 15.9 Å². The van der Waals surface area contributed by atoms with Gasteiger partial charge in [-0.1, -0.05) is 42.8 Å². The average Bonchev–Trinajstić information content (AvgIpc) is 3.30. The van der Waals surface area contributed by atoms with E-state index in [-0.39, 0.29) is 33.9 Å². The van der Waals surface area contributed by atoms with Crippen LogP contribution in [-0.2, 0) is 14.8 Å². The Bertz CT molecular complexity index is 2410. The van der Waals surface area contributed by atoms with Crippen LogP contribution < -0.4 is 25.2 Å². The number of rotatable bonds is 18. The number of benzene rings is 5. The van der Waals surface area contributed by atoms with Crippen molar-refractivity contribution in [3.63, 3.8) is 0 Å². The highest BCUT2D eigenvalue weighted by Gasteiger charge is 2.25. The molecule has 1 amide bonds. The quantitative estimate of drug-likeness (QED) is 0.0335. The van der Waals surface area contributed by atoms with Gasteiger partial charge in [-0.15, -0.1) is 16.7 Å². The maximum Gasteiger partial charge on any atom is 0.264 e. The molecule has 0 aromatic heterocycles. The molecular weight excluding hydrogens is 839 g/mol. The van der Waals surface area contributed by atoms with E-state index in [4.69, 9.17) is 4.74 Å². The molecule has 2 aliphatic rings. The third-order valence-corrected chi connectivity index (χ3v) is 14.0. The van der Waals surface area contributed by atoms with E-state index in [1.165, 1.54) is 18.2 Å². The Labute approximate surface area is 373 Å². The van der Waals surface area contributed by atoms with Gasteiger partial charge in [0.2, 0.25) is 0 Å². The first-order valence-corrected chi connectivity index (χ1v) is 23.7. The van der Waals surface area contributed by atoms with Gasteiger partial charge in [0.15, 0.2) is 0 Å². The molecule has 0 bridgehead atoms. The van der Waals surface area contributed by atoms with E-state index in [0.29, 0.717) is 50.8 Å². The summed E-state index contributed by atoms with van der Waals surface area (Å²) in [6.45, 7) is 10.5. The number of piperazine rings is 1. The number of hydrogen-bond donors (Lipinski definition) is 5. The minimum absolute atomic E-state index is 0.0538. The molecule has 2 fully saturated rings. The molecule has 2 unspecified atom stereocenters. The highest BCUT2D eigenvalue weighted by Crippen LogP contribution is 2.33. The standard InChI is InChI=1S/C47H55N7O7S2/c1-33-8-12-37(13-9-33)49-46(56)34(2)36-28-40(30-41(55)29-36)54-22-20-53(21-23-54)39-14-10-35(11-15-39)47(57)51-63(59,60)43-16-17-44(45(31-43)50-58)48-38(18-19-52-24-26-61-27-25-52)32-62-42-6-4-3-5-7-42/h3-17,28-31,34,38,46,48-49,55-56H,18-27,32H2,1-2H3,(H,51,57)/t34?,38-,46?/m1/s1. The fraction of sp³-hybridized carbons (Fsp3) is 0.340. The van der Waals surface area contributed by atoms with Crippen LogP contribution in [0.4, 0.5) is 28.4 Å². The Morgan fingerprint density at radius 3 is 2.19 bits per heavy atom. The highest BCUT2D eigenvalue weighted by atomic mass is 32.2. The second kappa shape index (κ2) is 21.1. The predicted octanol–water partition coefficient (Wildman–Crippen LogP) is 7.37. The number of thioether (sulfide) groups is 1. The number of aromatic hydroxyl groups is 1. The highest BCUT2D eigenvalue weighted by molar-refractivity contribution is 7.99. The first-order chi connectivity index (χ1) is 30.4. The van der Waals surface area contributed by atoms with Gasteiger partial charge in [-0.3, -0.25) is 9.69 Å². The number of aliphatic hydroxyl groups excluding tert-OH is 1. The number of anilines is 4. The number of hydrogen-bond acceptors (Lipinski definition) is 14. The fourth-order valence-corrected chi connectivity index (χ4v) is 9.63. The van der Waals surface area contributed by atoms with Gasteiger partial charge in [0.1, 0.15) is 17.7 Å². The van der Waals surface area contributed by atoms with E-state index in [0.717, 1.165) is 59.1 Å². The van der Waals surface area contributed by atoms with Crippen molar-refractivity contribution in [1.82, 2.24) is 9.62 Å². The first-order valence-electron chi connectivity index (χ1n) is 21.2. The van der Waals surface area contributed by atoms with E-state index in [1.54, 1.807) is 48.2 Å². The molecule has 0 radical (unpaired) electrons. The Balaban J connectivity index is 0.937. The number of ether oxygens (including phenoxy) is 1. The molecule has 2 heterocycles. The molecule has 5 aromatic carbocycles. The Hall–Kier alpha value is -5.65. The van der Waals surface area contributed by atoms with Crippen LogP contribution in [0, 0.1) is 11.8 Å². The Morgan fingerprint density at radius 2 is 1.51 bits per heavy atom. The van der Waals surface area contributed by atoms with E-state index in [2.05, 4.69) is 35.2 Å². The summed E-state index contributed by atoms with van der Waals surface area (Å²) in [4.78, 5) is 32.9. The van der Waals surface area contributed by atoms with Gasteiger partial charge < -0.3 is 35.4 Å². The molecule has 0 aliphatic carbocycles. The summed E-state index contributed by atoms with van der Waals surface area (Å²) >= 11 is 1.69. The first kappa shape index (κ1) is 45.4. The summed E-state index contributed by atoms with van der Waals surface area (Å²) in [6, 6.07) is 34.0. The third-order valence-electron chi connectivity index (χ3n) is 11.5. The molecule has 3 atom stereocenters. The number of sulfonamides is 1. The van der Waals surface area contributed by atoms with Crippen LogP contribution in [0.25, 0.3) is 0 Å². The SMILES string of the molecule is Cc1ccc(NC(O)C(C)c2cc(O)cc(N3CCN(c4ccc(C(=O)NS(=O)(=O)c5ccc(N[C@H](CCN6CCOCC6)CSc6ccccc6)c(N=O)c5)cc4)CC3)c2)cc1. The third kappa shape index (κ3) is 12.3. The maximum absolute atomic E-state index is 13.5. The molecular formula is C47H55N7O7S2. The predicted molar refractivity (Wildman–Crippen MR) is 251 cm³/mol. The van der Waals surface area contributed by atoms with Crippen molar-refractivity contribution in [2.75, 3.05) is 85.2 Å². The molecule has 0 saturated carbocycles. The normalized spacial score (nSPS) is 16.2. The summed E-state index contributed by atoms with van der Waals surface area (Å²) in [6.07, 6.45) is -0.0842. The number of morpholine rings is 1. The molecule has 5 N–H and O–H groups in total. The number of nitroso groups, excluding NO2 is 1. The summed E-state index contributed by atoms with van der Waals surface area (Å²) in [5.41, 5.74) is 4.98. The fourth-order valence-electron chi connectivity index (χ4n) is 7.65. The molecule has 63 heavy (non-hydrogen) atoms. The van der Waals surface area contributed by atoms with Crippen molar-refractivity contribution in [3.8, 4) is 5.75 Å². The van der Waals surface area contributed by atoms with Crippen LogP contribution in [0.15, 0.2) is 130 Å². The van der Waals surface area contributed by atoms with Gasteiger partial charge in [-0.2, -0.15) is 0 Å². The number of amides is 1. The summed E-state index contributed by atoms with van der Waals surface area (Å²) in [7, 11) is -4.35. The van der Waals surface area contributed by atoms with Crippen molar-refractivity contribution < 1.29 is 28.2 Å². The van der Waals surface area contributed by atoms with Crippen molar-refractivity contribution in [2.45, 2.75) is 48.2 Å². The number of nitrogens with zero attached hydrogens (tertiary/aromatic N) is 4. The average molecular weight is 894 g/mol. The van der Waals surface area contributed by atoms with E-state index < -0.39 is 22.2 Å². The van der Waals surface area contributed by atoms with E-state index in [1.807, 2.05) is 74.5 Å². The van der Waals surface area contributed by atoms with Gasteiger partial charge in [-0.25, -0.2) is 13.1 Å². The molecule has 2 saturated heterocycles. The minimum atomic E-state index is -4.35. The van der Waals surface area contributed by atoms with Crippen molar-refractivity contribution >= 4 is 56.1 Å². The van der Waals surface area contributed by atoms with Crippen molar-refractivity contribution in [1.29, 1.82) is 0 Å². The molecule has 7 rings (SSSR count). The van der Waals surface area contributed by atoms with Gasteiger partial charge >= 0.3 is 0 Å². The molecule has 5 aromatic rings. The van der Waals surface area contributed by atoms with Crippen molar-refractivity contribution in [2.24, 2.45) is 5.18 Å². The lowest BCUT2D eigenvalue weighted by Gasteiger charge is -2.37. The molecule has 16 heteroatoms. The van der Waals surface area contributed by atoms with Gasteiger partial charge in [-0.05, 0) is 103 Å². The minimum Gasteiger partial charge on any atom is -0.508 e. The lowest BCUT2D eigenvalue weighted by Crippen LogP contribution is -2.46. The molecule has 332 valence electrons. The zero-order valence-corrected chi connectivity index (χ0v) is 37.2. The van der Waals surface area contributed by atoms with Crippen LogP contribution >= 0.6 is 11.8 Å². The summed E-state index contributed by atoms with van der Waals surface area (Å²) in [5.74, 6) is -0.277. The van der Waals surface area contributed by atoms with Crippen LogP contribution in [0.2, 0.25) is 0 Å². The summed E-state index contributed by atoms with van der Waals surface area (Å²) < 4.78 is 34.6. The zero-order valence-electron chi connectivity index (χ0n) is 35.5. The lowest BCUT2D eigenvalue weighted by molar-refractivity contribution is 0.0370. The number of phenols is 1. The van der Waals surface area contributed by atoms with E-state index in [9.17, 15) is 28.3 Å². The van der Waals surface area contributed by atoms with Gasteiger partial charge in [0.05, 0.1) is 23.8 Å². The zero-order chi connectivity index (χ0) is 44.3. The molecule has 0 spiro atoms. The van der Waals surface area contributed by atoms with Crippen LogP contribution in [-0.4, -0.2) is 106 Å². The van der Waals surface area contributed by atoms with Gasteiger partial charge in [0, 0.05) is 97.1 Å². The number of carbonyl (C=O) groups is 1. The van der Waals surface area contributed by atoms with Crippen molar-refractivity contribution in [3.05, 3.63) is 137 Å². The lowest BCUT2D eigenvalue weighted by atomic mass is 9.97. The smallest absolute Gasteiger partial charge is 0.264 e. The maximum atomic E-state index is 13.5. The second-order valence-corrected chi connectivity index (χ2v) is 18.7. The topological polar surface area (TPSA) is 176 Å². The van der Waals surface area contributed by atoms with E-state index >= 15 is 0 Å². The molecule has 2 aliphatic heterocycles. The van der Waals surface area contributed by atoms with Crippen LogP contribution in [0.3, 0.4) is 0 Å². The molecule has 14 nitrogen and oxygen atoms in total. The number of nitrogens with one attached hydrogen (secondary N) is 3. The summed E-state index contributed by atoms with van der Waals surface area (Å²) in [5, 5.41) is 31.3. The number of carbonyl (C=O) groups excluding carboxylic acids is 1. The van der Waals surface area contributed by atoms with Crippen LogP contribution in [0.1, 0.15) is 40.7 Å². The number of phenolic OH excluding ortho intramolecular Hbond substituents is 1. The monoisotopic (exact) mass is 893 g/mol. The number of aliphatic hydroxyl groups is 1. The Morgan fingerprint density at radius 1 is 0.825 bits per heavy atom. The van der Waals surface area contributed by atoms with Crippen LogP contribution in [0.5, 0.6) is 5.75 Å². The second-order valence-electron chi connectivity index (χ2n) is 16.0. The Kier molecular flexibility index (Phi) is 15.2. The largest absolute Gasteiger partial charge is 0.508 e. The number of aryl methyl sites for hydroxylation is 1.